The number of benzene rings is 4. The van der Waals surface area contributed by atoms with Crippen LogP contribution in [0, 0.1) is 0 Å². The second kappa shape index (κ2) is 8.24. The molecule has 1 aromatic heterocycles. The molecule has 1 N–H and O–H groups in total. The van der Waals surface area contributed by atoms with Crippen LogP contribution in [0.3, 0.4) is 0 Å². The molecule has 1 unspecified atom stereocenters. The first-order chi connectivity index (χ1) is 15.8. The lowest BCUT2D eigenvalue weighted by Gasteiger charge is -2.31. The van der Waals surface area contributed by atoms with Crippen molar-refractivity contribution in [3.05, 3.63) is 103 Å². The number of rotatable bonds is 5. The third-order valence-corrected chi connectivity index (χ3v) is 6.83. The third-order valence-electron chi connectivity index (χ3n) is 5.68. The van der Waals surface area contributed by atoms with Gasteiger partial charge >= 0.3 is 6.18 Å². The lowest BCUT2D eigenvalue weighted by molar-refractivity contribution is -0.256. The van der Waals surface area contributed by atoms with Crippen LogP contribution in [0.5, 0.6) is 0 Å². The zero-order valence-corrected chi connectivity index (χ0v) is 18.1. The number of nitrogens with zero attached hydrogens (tertiary/aromatic N) is 2. The summed E-state index contributed by atoms with van der Waals surface area (Å²) in [7, 11) is 0. The van der Waals surface area contributed by atoms with E-state index in [2.05, 4.69) is 5.10 Å². The second-order valence-electron chi connectivity index (χ2n) is 7.82. The Bertz CT molecular complexity index is 1430. The standard InChI is InChI=1S/C26H19F3N2OS/c27-26(28,29)25(32,17-33-23-12-10-18-6-4-5-7-19(18)15-23)21-11-13-24-20(14-21)16-30-31(24)22-8-2-1-3-9-22/h1-16,32H,17H2. The molecule has 0 spiro atoms. The van der Waals surface area contributed by atoms with Gasteiger partial charge in [-0.25, -0.2) is 4.68 Å². The van der Waals surface area contributed by atoms with E-state index in [0.29, 0.717) is 15.8 Å². The van der Waals surface area contributed by atoms with Crippen molar-refractivity contribution in [3.63, 3.8) is 0 Å². The molecule has 1 heterocycles. The number of fused-ring (bicyclic) bond motifs is 2. The molecule has 5 aromatic rings. The number of para-hydroxylation sites is 1. The average Bonchev–Trinajstić information content (AvgIpc) is 3.25. The Labute approximate surface area is 192 Å². The van der Waals surface area contributed by atoms with Crippen LogP contribution in [0.1, 0.15) is 5.56 Å². The van der Waals surface area contributed by atoms with Crippen molar-refractivity contribution in [2.75, 3.05) is 5.75 Å². The Hall–Kier alpha value is -3.29. The molecule has 5 rings (SSSR count). The van der Waals surface area contributed by atoms with E-state index in [1.807, 2.05) is 66.7 Å². The van der Waals surface area contributed by atoms with Gasteiger partial charge in [0.25, 0.3) is 0 Å². The minimum atomic E-state index is -4.85. The number of halogens is 3. The highest BCUT2D eigenvalue weighted by molar-refractivity contribution is 7.99. The maximum atomic E-state index is 14.1. The molecule has 0 aliphatic rings. The number of thioether (sulfide) groups is 1. The first kappa shape index (κ1) is 21.6. The summed E-state index contributed by atoms with van der Waals surface area (Å²) in [4.78, 5) is 0.661. The molecule has 0 saturated carbocycles. The number of alkyl halides is 3. The fourth-order valence-electron chi connectivity index (χ4n) is 3.84. The monoisotopic (exact) mass is 464 g/mol. The van der Waals surface area contributed by atoms with Gasteiger partial charge in [0.2, 0.25) is 0 Å². The van der Waals surface area contributed by atoms with Gasteiger partial charge in [-0.1, -0.05) is 54.6 Å². The Morgan fingerprint density at radius 3 is 2.27 bits per heavy atom. The van der Waals surface area contributed by atoms with Gasteiger partial charge in [0.05, 0.1) is 17.4 Å². The Kier molecular flexibility index (Phi) is 5.38. The molecule has 0 fully saturated rings. The Balaban J connectivity index is 1.48. The lowest BCUT2D eigenvalue weighted by atomic mass is 9.94. The van der Waals surface area contributed by atoms with Crippen molar-refractivity contribution in [2.24, 2.45) is 0 Å². The first-order valence-corrected chi connectivity index (χ1v) is 11.3. The molecule has 0 aliphatic carbocycles. The predicted octanol–water partition coefficient (Wildman–Crippen LogP) is 6.72. The fraction of sp³-hybridized carbons (Fsp3) is 0.115. The molecule has 166 valence electrons. The van der Waals surface area contributed by atoms with E-state index in [1.54, 1.807) is 16.8 Å². The maximum Gasteiger partial charge on any atom is 0.422 e. The summed E-state index contributed by atoms with van der Waals surface area (Å²) in [5, 5.41) is 17.7. The molecular weight excluding hydrogens is 445 g/mol. The highest BCUT2D eigenvalue weighted by atomic mass is 32.2. The molecule has 0 bridgehead atoms. The van der Waals surface area contributed by atoms with Crippen LogP contribution in [-0.4, -0.2) is 26.8 Å². The molecule has 0 amide bonds. The largest absolute Gasteiger partial charge is 0.422 e. The van der Waals surface area contributed by atoms with Crippen molar-refractivity contribution in [1.29, 1.82) is 0 Å². The van der Waals surface area contributed by atoms with Crippen molar-refractivity contribution in [1.82, 2.24) is 9.78 Å². The van der Waals surface area contributed by atoms with E-state index in [9.17, 15) is 18.3 Å². The van der Waals surface area contributed by atoms with Crippen LogP contribution in [0.2, 0.25) is 0 Å². The van der Waals surface area contributed by atoms with E-state index in [4.69, 9.17) is 0 Å². The second-order valence-corrected chi connectivity index (χ2v) is 8.87. The van der Waals surface area contributed by atoms with Gasteiger partial charge < -0.3 is 5.11 Å². The zero-order valence-electron chi connectivity index (χ0n) is 17.3. The van der Waals surface area contributed by atoms with E-state index in [1.165, 1.54) is 18.3 Å². The average molecular weight is 465 g/mol. The SMILES string of the molecule is OC(CSc1ccc2ccccc2c1)(c1ccc2c(cnn2-c2ccccc2)c1)C(F)(F)F. The molecule has 0 radical (unpaired) electrons. The molecule has 3 nitrogen and oxygen atoms in total. The van der Waals surface area contributed by atoms with E-state index in [-0.39, 0.29) is 5.56 Å². The van der Waals surface area contributed by atoms with Crippen LogP contribution in [0.25, 0.3) is 27.4 Å². The summed E-state index contributed by atoms with van der Waals surface area (Å²) in [5.74, 6) is -0.562. The van der Waals surface area contributed by atoms with Crippen LogP contribution < -0.4 is 0 Å². The highest BCUT2D eigenvalue weighted by Gasteiger charge is 2.55. The summed E-state index contributed by atoms with van der Waals surface area (Å²) >= 11 is 0.981. The van der Waals surface area contributed by atoms with Crippen molar-refractivity contribution in [3.8, 4) is 5.69 Å². The first-order valence-electron chi connectivity index (χ1n) is 10.3. The normalized spacial score (nSPS) is 13.9. The minimum absolute atomic E-state index is 0.205. The van der Waals surface area contributed by atoms with E-state index < -0.39 is 17.5 Å². The van der Waals surface area contributed by atoms with Crippen molar-refractivity contribution >= 4 is 33.4 Å². The smallest absolute Gasteiger partial charge is 0.376 e. The summed E-state index contributed by atoms with van der Waals surface area (Å²) in [5.41, 5.74) is -1.75. The summed E-state index contributed by atoms with van der Waals surface area (Å²) in [6, 6.07) is 26.7. The van der Waals surface area contributed by atoms with E-state index >= 15 is 0 Å². The van der Waals surface area contributed by atoms with Crippen molar-refractivity contribution < 1.29 is 18.3 Å². The fourth-order valence-corrected chi connectivity index (χ4v) is 4.92. The molecule has 0 saturated heterocycles. The van der Waals surface area contributed by atoms with Crippen LogP contribution in [0.4, 0.5) is 13.2 Å². The van der Waals surface area contributed by atoms with E-state index in [0.717, 1.165) is 28.2 Å². The maximum absolute atomic E-state index is 14.1. The molecule has 0 aliphatic heterocycles. The van der Waals surface area contributed by atoms with Gasteiger partial charge in [-0.2, -0.15) is 18.3 Å². The molecular formula is C26H19F3N2OS. The van der Waals surface area contributed by atoms with Gasteiger partial charge in [-0.3, -0.25) is 0 Å². The van der Waals surface area contributed by atoms with Crippen LogP contribution in [0.15, 0.2) is 102 Å². The topological polar surface area (TPSA) is 38.1 Å². The quantitative estimate of drug-likeness (QED) is 0.294. The Morgan fingerprint density at radius 1 is 0.788 bits per heavy atom. The molecule has 33 heavy (non-hydrogen) atoms. The molecule has 7 heteroatoms. The number of hydrogen-bond acceptors (Lipinski definition) is 3. The summed E-state index contributed by atoms with van der Waals surface area (Å²) < 4.78 is 44.1. The van der Waals surface area contributed by atoms with Gasteiger partial charge in [-0.15, -0.1) is 11.8 Å². The van der Waals surface area contributed by atoms with Gasteiger partial charge in [0.1, 0.15) is 0 Å². The minimum Gasteiger partial charge on any atom is -0.376 e. The number of aromatic nitrogens is 2. The predicted molar refractivity (Wildman–Crippen MR) is 126 cm³/mol. The number of hydrogen-bond donors (Lipinski definition) is 1. The molecule has 4 aromatic carbocycles. The van der Waals surface area contributed by atoms with Crippen molar-refractivity contribution in [2.45, 2.75) is 16.7 Å². The van der Waals surface area contributed by atoms with Crippen LogP contribution in [-0.2, 0) is 5.60 Å². The highest BCUT2D eigenvalue weighted by Crippen LogP contribution is 2.43. The number of aliphatic hydroxyl groups is 1. The van der Waals surface area contributed by atoms with Gasteiger partial charge in [0.15, 0.2) is 5.60 Å². The van der Waals surface area contributed by atoms with Gasteiger partial charge in [0, 0.05) is 16.0 Å². The molecule has 1 atom stereocenters. The Morgan fingerprint density at radius 2 is 1.52 bits per heavy atom. The third kappa shape index (κ3) is 3.98. The van der Waals surface area contributed by atoms with Crippen LogP contribution >= 0.6 is 11.8 Å². The van der Waals surface area contributed by atoms with Gasteiger partial charge in [-0.05, 0) is 52.7 Å². The lowest BCUT2D eigenvalue weighted by Crippen LogP contribution is -2.44. The summed E-state index contributed by atoms with van der Waals surface area (Å²) in [6.45, 7) is 0. The zero-order chi connectivity index (χ0) is 23.1. The summed E-state index contributed by atoms with van der Waals surface area (Å²) in [6.07, 6.45) is -3.33.